The molecule has 1 rings (SSSR count). The minimum atomic E-state index is -1.14. The van der Waals surface area contributed by atoms with Crippen molar-refractivity contribution in [1.82, 2.24) is 0 Å². The van der Waals surface area contributed by atoms with Crippen LogP contribution < -0.4 is 0 Å². The molecule has 3 heteroatoms. The summed E-state index contributed by atoms with van der Waals surface area (Å²) >= 11 is -1.14. The molecule has 0 aromatic heterocycles. The molecule has 0 aliphatic heterocycles. The number of benzene rings is 1. The van der Waals surface area contributed by atoms with Gasteiger partial charge in [0, 0.05) is 0 Å². The van der Waals surface area contributed by atoms with E-state index >= 15 is 0 Å². The van der Waals surface area contributed by atoms with Crippen LogP contribution in [-0.2, 0) is 24.6 Å². The number of phenolic OH excluding ortho intramolecular Hbond substituents is 1. The van der Waals surface area contributed by atoms with Gasteiger partial charge in [-0.25, -0.2) is 0 Å². The Bertz CT molecular complexity index is 349. The van der Waals surface area contributed by atoms with E-state index in [9.17, 15) is 8.20 Å². The van der Waals surface area contributed by atoms with Crippen molar-refractivity contribution >= 4 is 3.81 Å². The summed E-state index contributed by atoms with van der Waals surface area (Å²) in [4.78, 5) is 0. The van der Waals surface area contributed by atoms with Crippen LogP contribution in [0.2, 0.25) is 0 Å². The van der Waals surface area contributed by atoms with Crippen molar-refractivity contribution in [1.29, 1.82) is 0 Å². The first kappa shape index (κ1) is 15.5. The number of halogens is 1. The quantitative estimate of drug-likeness (QED) is 0.701. The Morgan fingerprint density at radius 3 is 2.00 bits per heavy atom. The van der Waals surface area contributed by atoms with E-state index in [4.69, 9.17) is 0 Å². The molecule has 0 aliphatic carbocycles. The summed E-state index contributed by atoms with van der Waals surface area (Å²) in [7, 11) is 0. The first-order valence-electron chi connectivity index (χ1n) is 5.23. The predicted molar refractivity (Wildman–Crippen MR) is 64.3 cm³/mol. The fourth-order valence-electron chi connectivity index (χ4n) is 0.972. The Morgan fingerprint density at radius 2 is 1.75 bits per heavy atom. The number of hydrogen-bond acceptors (Lipinski definition) is 1. The van der Waals surface area contributed by atoms with Crippen molar-refractivity contribution < 1.29 is 27.4 Å². The summed E-state index contributed by atoms with van der Waals surface area (Å²) < 4.78 is 12.2. The van der Waals surface area contributed by atoms with Crippen LogP contribution in [0.1, 0.15) is 40.2 Å². The maximum absolute atomic E-state index is 11.2. The van der Waals surface area contributed by atoms with E-state index in [-0.39, 0.29) is 5.41 Å². The number of phenols is 1. The molecule has 0 saturated carbocycles. The van der Waals surface area contributed by atoms with Crippen molar-refractivity contribution in [2.24, 2.45) is 0 Å². The van der Waals surface area contributed by atoms with Gasteiger partial charge in [0.1, 0.15) is 5.75 Å². The second-order valence-electron chi connectivity index (χ2n) is 4.89. The van der Waals surface area contributed by atoms with Crippen LogP contribution in [0.3, 0.4) is 0 Å². The monoisotopic (exact) mass is 259 g/mol. The molecular weight excluding hydrogens is 239 g/mol. The minimum absolute atomic E-state index is 0.124. The third-order valence-electron chi connectivity index (χ3n) is 1.90. The fraction of sp³-hybridized carbons (Fsp3) is 0.462. The average molecular weight is 259 g/mol. The molecule has 1 nitrogen and oxygen atoms in total. The van der Waals surface area contributed by atoms with Gasteiger partial charge in [-0.3, -0.25) is 0 Å². The zero-order chi connectivity index (χ0) is 12.8. The van der Waals surface area contributed by atoms with Gasteiger partial charge in [0.25, 0.3) is 0 Å². The van der Waals surface area contributed by atoms with Gasteiger partial charge < -0.3 is 5.11 Å². The Kier molecular flexibility index (Phi) is 6.77. The van der Waals surface area contributed by atoms with E-state index in [1.54, 1.807) is 12.1 Å². The predicted octanol–water partition coefficient (Wildman–Crippen LogP) is 3.86. The maximum atomic E-state index is 11.2. The zero-order valence-corrected chi connectivity index (χ0v) is 12.2. The zero-order valence-electron chi connectivity index (χ0n) is 10.6. The Morgan fingerprint density at radius 1 is 1.25 bits per heavy atom. The molecule has 1 aromatic carbocycles. The van der Waals surface area contributed by atoms with Gasteiger partial charge >= 0.3 is 40.0 Å². The molecule has 1 aromatic rings. The third kappa shape index (κ3) is 6.92. The normalized spacial score (nSPS) is 9.88. The van der Waals surface area contributed by atoms with Crippen LogP contribution in [0, 0.1) is 0 Å². The van der Waals surface area contributed by atoms with Crippen molar-refractivity contribution in [3.63, 3.8) is 0 Å². The van der Waals surface area contributed by atoms with Crippen LogP contribution in [0.5, 0.6) is 5.75 Å². The van der Waals surface area contributed by atoms with Crippen LogP contribution in [0.25, 0.3) is 0 Å². The van der Waals surface area contributed by atoms with E-state index in [0.717, 1.165) is 9.37 Å². The summed E-state index contributed by atoms with van der Waals surface area (Å²) in [6, 6.07) is 7.39. The first-order valence-corrected chi connectivity index (χ1v) is 6.60. The second kappa shape index (κ2) is 6.98. The molecule has 0 atom stereocenters. The van der Waals surface area contributed by atoms with Crippen LogP contribution in [-0.4, -0.2) is 8.92 Å². The Hall–Kier alpha value is -0.466. The van der Waals surface area contributed by atoms with Gasteiger partial charge in [-0.05, 0) is 23.1 Å². The van der Waals surface area contributed by atoms with Gasteiger partial charge in [-0.15, -0.1) is 0 Å². The summed E-state index contributed by atoms with van der Waals surface area (Å²) in [5.74, 6) is 0.345. The molecule has 0 fully saturated rings. The Balaban J connectivity index is 0.000000385. The van der Waals surface area contributed by atoms with Crippen LogP contribution in [0.4, 0.5) is 3.09 Å². The summed E-state index contributed by atoms with van der Waals surface area (Å²) in [6.45, 7) is 10.0. The van der Waals surface area contributed by atoms with E-state index in [0.29, 0.717) is 5.75 Å². The molecule has 1 N–H and O–H groups in total. The summed E-state index contributed by atoms with van der Waals surface area (Å²) in [6.07, 6.45) is 0. The van der Waals surface area contributed by atoms with E-state index in [2.05, 4.69) is 20.8 Å². The molecule has 89 valence electrons. The van der Waals surface area contributed by atoms with E-state index < -0.39 is 19.2 Å². The molecule has 0 amide bonds. The number of rotatable bonds is 0. The van der Waals surface area contributed by atoms with Crippen molar-refractivity contribution in [3.8, 4) is 5.75 Å². The topological polar surface area (TPSA) is 20.2 Å². The number of aromatic hydroxyl groups is 1. The van der Waals surface area contributed by atoms with E-state index in [1.807, 2.05) is 26.0 Å². The molecule has 0 radical (unpaired) electrons. The average Bonchev–Trinajstić information content (AvgIpc) is 2.17. The SMILES string of the molecule is CC(C)(C)c1cccc(O)c1.C[C](C)=[Ti][F]. The van der Waals surface area contributed by atoms with Gasteiger partial charge in [0.15, 0.2) is 0 Å². The van der Waals surface area contributed by atoms with Crippen LogP contribution in [0.15, 0.2) is 24.3 Å². The molecule has 16 heavy (non-hydrogen) atoms. The number of hydrogen-bond donors (Lipinski definition) is 1. The Labute approximate surface area is 107 Å². The standard InChI is InChI=1S/C10H14O.C3H6.FH.Ti/c1-10(2,3)8-5-4-6-9(11)7-8;1-3-2;;/h4-7,11H,1-3H3;1-2H3;1H;/q;;;+1/p-1. The van der Waals surface area contributed by atoms with Gasteiger partial charge in [0.05, 0.1) is 0 Å². The second-order valence-corrected chi connectivity index (χ2v) is 6.75. The fourth-order valence-corrected chi connectivity index (χ4v) is 0.972. The molecule has 0 heterocycles. The van der Waals surface area contributed by atoms with Crippen LogP contribution >= 0.6 is 0 Å². The van der Waals surface area contributed by atoms with E-state index in [1.165, 1.54) is 0 Å². The van der Waals surface area contributed by atoms with Crippen molar-refractivity contribution in [3.05, 3.63) is 29.8 Å². The molecule has 0 aliphatic rings. The van der Waals surface area contributed by atoms with Gasteiger partial charge in [-0.1, -0.05) is 32.9 Å². The van der Waals surface area contributed by atoms with Crippen molar-refractivity contribution in [2.45, 2.75) is 40.0 Å². The molecular formula is C13H20FOTi. The molecule has 0 saturated heterocycles. The molecule has 0 unspecified atom stereocenters. The van der Waals surface area contributed by atoms with Gasteiger partial charge in [-0.2, -0.15) is 0 Å². The van der Waals surface area contributed by atoms with Crippen molar-refractivity contribution in [2.75, 3.05) is 0 Å². The summed E-state index contributed by atoms with van der Waals surface area (Å²) in [5.41, 5.74) is 1.29. The third-order valence-corrected chi connectivity index (χ3v) is 2.49. The summed E-state index contributed by atoms with van der Waals surface area (Å²) in [5, 5.41) is 9.18. The molecule has 0 spiro atoms. The first-order chi connectivity index (χ1) is 7.27. The molecule has 0 bridgehead atoms. The van der Waals surface area contributed by atoms with Gasteiger partial charge in [0.2, 0.25) is 0 Å².